The number of amides is 7. The number of nitrogens with one attached hydrogen (secondary N) is 6. The van der Waals surface area contributed by atoms with Crippen molar-refractivity contribution in [3.05, 3.63) is 167 Å². The molecule has 6 aromatic rings. The Morgan fingerprint density at radius 1 is 0.670 bits per heavy atom. The van der Waals surface area contributed by atoms with Crippen LogP contribution in [0.3, 0.4) is 0 Å². The molecule has 7 N–H and O–H groups in total. The summed E-state index contributed by atoms with van der Waals surface area (Å²) in [5, 5.41) is 35.0. The second-order valence-electron chi connectivity index (χ2n) is 32.3. The first kappa shape index (κ1) is 82.7. The van der Waals surface area contributed by atoms with Crippen molar-refractivity contribution in [3.63, 3.8) is 0 Å². The monoisotopic (exact) mass is 1560 g/mol. The fourth-order valence-electron chi connectivity index (χ4n) is 14.9. The lowest BCUT2D eigenvalue weighted by Crippen LogP contribution is -2.60. The van der Waals surface area contributed by atoms with Crippen molar-refractivity contribution in [3.8, 4) is 11.5 Å². The third-order valence-corrected chi connectivity index (χ3v) is 23.9. The Morgan fingerprint density at radius 2 is 1.31 bits per heavy atom. The molecule has 29 heteroatoms. The lowest BCUT2D eigenvalue weighted by atomic mass is 9.76. The molecule has 7 aliphatic heterocycles. The number of nitrogens with zero attached hydrogens (tertiary/aromatic N) is 6. The van der Waals surface area contributed by atoms with Crippen LogP contribution in [0, 0.1) is 22.7 Å². The zero-order valence-corrected chi connectivity index (χ0v) is 66.0. The molecule has 28 nitrogen and oxygen atoms in total. The molecule has 10 bridgehead atoms. The lowest BCUT2D eigenvalue weighted by molar-refractivity contribution is -0.152. The largest absolute Gasteiger partial charge is 0.490 e. The van der Waals surface area contributed by atoms with E-state index in [-0.39, 0.29) is 90.2 Å². The highest BCUT2D eigenvalue weighted by atomic mass is 32.2. The molecule has 14 rings (SSSR count). The highest BCUT2D eigenvalue weighted by molar-refractivity contribution is 7.90. The van der Waals surface area contributed by atoms with Gasteiger partial charge in [0.05, 0.1) is 48.3 Å². The van der Waals surface area contributed by atoms with Crippen LogP contribution in [0.4, 0.5) is 0 Å². The summed E-state index contributed by atoms with van der Waals surface area (Å²) in [5.74, 6) is -7.85. The number of likely N-dealkylation sites (tertiary alicyclic amines) is 2. The van der Waals surface area contributed by atoms with E-state index in [9.17, 15) is 37.5 Å². The van der Waals surface area contributed by atoms with Crippen LogP contribution in [-0.4, -0.2) is 202 Å². The van der Waals surface area contributed by atoms with E-state index in [0.717, 1.165) is 21.9 Å². The number of fused-ring (bicyclic) bond motifs is 2. The molecular weight excluding hydrogens is 1450 g/mol. The molecule has 598 valence electrons. The Labute approximate surface area is 653 Å². The molecule has 0 spiro atoms. The minimum atomic E-state index is -4.11. The SMILES string of the molecule is CN[C@@H](C)C(=O)C[C@H](C(=O)N1C[C@@H]2C[C@H]1C(=O)N1Cc3ccccc3C[C@H]1C(=O)C[C@H](C(=O)NS(=O)(=O)C1CC1)Cc1ccc(cc1)OCc1cn(nn1)[C@H]1C[C@@H](C(=O)N[C@@H](Cc3ccc4ccccc4c3)C(=O)N[C@H](C(=O)O)Cc3ccc(cc3)OC/C=C/CO2)N(C(=O)[C@@H](NC(=O)[C@H](C)NC)C(C)(C)C)C1)C(C)(C)C. The van der Waals surface area contributed by atoms with Gasteiger partial charge >= 0.3 is 5.97 Å². The highest BCUT2D eigenvalue weighted by Gasteiger charge is 2.51. The number of hydrogen-bond donors (Lipinski definition) is 7. The quantitative estimate of drug-likeness (QED) is 0.0608. The smallest absolute Gasteiger partial charge is 0.326 e. The summed E-state index contributed by atoms with van der Waals surface area (Å²) in [7, 11) is -0.839. The second kappa shape index (κ2) is 35.6. The Bertz CT molecular complexity index is 4610. The Balaban J connectivity index is 0.918. The van der Waals surface area contributed by atoms with Gasteiger partial charge in [-0.3, -0.25) is 47.9 Å². The van der Waals surface area contributed by atoms with Crippen molar-refractivity contribution in [2.45, 2.75) is 198 Å². The fourth-order valence-corrected chi connectivity index (χ4v) is 16.2. The number of ether oxygens (including phenoxy) is 3. The summed E-state index contributed by atoms with van der Waals surface area (Å²) in [6.07, 6.45) is 4.16. The minimum Gasteiger partial charge on any atom is -0.490 e. The van der Waals surface area contributed by atoms with Crippen molar-refractivity contribution < 1.29 is 75.7 Å². The molecule has 1 aliphatic carbocycles. The molecule has 112 heavy (non-hydrogen) atoms. The molecule has 1 saturated carbocycles. The maximum atomic E-state index is 15.8. The number of carbonyl (C=O) groups is 10. The van der Waals surface area contributed by atoms with E-state index in [0.29, 0.717) is 46.7 Å². The first-order valence-corrected chi connectivity index (χ1v) is 40.0. The summed E-state index contributed by atoms with van der Waals surface area (Å²) < 4.78 is 49.6. The van der Waals surface area contributed by atoms with Crippen LogP contribution in [0.25, 0.3) is 10.8 Å². The number of Topliss-reactive ketones (excluding diaryl/α,β-unsaturated/α-hetero) is 2. The number of hydrogen-bond acceptors (Lipinski definition) is 19. The summed E-state index contributed by atoms with van der Waals surface area (Å²) in [6.45, 7) is 14.1. The van der Waals surface area contributed by atoms with Crippen LogP contribution < -0.4 is 40.8 Å². The molecule has 5 aromatic carbocycles. The highest BCUT2D eigenvalue weighted by Crippen LogP contribution is 2.38. The van der Waals surface area contributed by atoms with Crippen LogP contribution >= 0.6 is 0 Å². The van der Waals surface area contributed by atoms with Crippen molar-refractivity contribution in [1.29, 1.82) is 0 Å². The zero-order valence-electron chi connectivity index (χ0n) is 65.2. The first-order valence-electron chi connectivity index (χ1n) is 38.4. The number of carboxylic acids is 1. The van der Waals surface area contributed by atoms with Gasteiger partial charge in [-0.1, -0.05) is 144 Å². The molecule has 8 heterocycles. The molecule has 0 unspecified atom stereocenters. The number of rotatable bonds is 15. The number of carbonyl (C=O) groups excluding carboxylic acids is 9. The number of aliphatic carboxylic acids is 1. The maximum absolute atomic E-state index is 15.8. The predicted octanol–water partition coefficient (Wildman–Crippen LogP) is 5.67. The average molecular weight is 1560 g/mol. The van der Waals surface area contributed by atoms with Gasteiger partial charge < -0.3 is 60.6 Å². The number of likely N-dealkylation sites (N-methyl/N-ethyl adjacent to an activating group) is 2. The fraction of sp³-hybridized carbons (Fsp3) is 0.494. The van der Waals surface area contributed by atoms with Crippen LogP contribution in [0.2, 0.25) is 0 Å². The third kappa shape index (κ3) is 20.5. The average Bonchev–Trinajstić information content (AvgIpc) is 1.54. The summed E-state index contributed by atoms with van der Waals surface area (Å²) in [4.78, 5) is 151. The second-order valence-corrected chi connectivity index (χ2v) is 34.3. The van der Waals surface area contributed by atoms with Crippen LogP contribution in [0.1, 0.15) is 133 Å². The van der Waals surface area contributed by atoms with Gasteiger partial charge in [-0.25, -0.2) is 17.9 Å². The molecule has 1 aromatic heterocycles. The number of aromatic nitrogens is 3. The van der Waals surface area contributed by atoms with Gasteiger partial charge in [-0.15, -0.1) is 5.10 Å². The van der Waals surface area contributed by atoms with E-state index in [2.05, 4.69) is 41.6 Å². The Kier molecular flexibility index (Phi) is 26.3. The Hall–Kier alpha value is -10.2. The predicted molar refractivity (Wildman–Crippen MR) is 416 cm³/mol. The molecule has 0 radical (unpaired) electrons. The van der Waals surface area contributed by atoms with E-state index < -0.39 is 158 Å². The van der Waals surface area contributed by atoms with E-state index in [4.69, 9.17) is 14.2 Å². The van der Waals surface area contributed by atoms with Crippen molar-refractivity contribution >= 4 is 79.7 Å². The van der Waals surface area contributed by atoms with E-state index in [1.54, 1.807) is 116 Å². The van der Waals surface area contributed by atoms with E-state index in [1.807, 2.05) is 87.5 Å². The first-order chi connectivity index (χ1) is 53.2. The maximum Gasteiger partial charge on any atom is 0.326 e. The third-order valence-electron chi connectivity index (χ3n) is 22.0. The van der Waals surface area contributed by atoms with E-state index in [1.165, 1.54) is 19.4 Å². The molecule has 2 saturated heterocycles. The number of benzene rings is 5. The summed E-state index contributed by atoms with van der Waals surface area (Å²) in [6, 6.07) is 24.3. The van der Waals surface area contributed by atoms with Gasteiger partial charge in [0, 0.05) is 76.4 Å². The van der Waals surface area contributed by atoms with Gasteiger partial charge in [-0.05, 0) is 127 Å². The van der Waals surface area contributed by atoms with E-state index >= 15 is 24.0 Å². The molecular formula is C83H104N12O16S. The number of ketones is 2. The number of carboxylic acid groups (broad SMARTS) is 1. The number of sulfonamides is 1. The molecule has 8 aliphatic rings. The van der Waals surface area contributed by atoms with Crippen LogP contribution in [-0.2, 0) is 102 Å². The van der Waals surface area contributed by atoms with Gasteiger partial charge in [-0.2, -0.15) is 0 Å². The van der Waals surface area contributed by atoms with Gasteiger partial charge in [0.15, 0.2) is 5.78 Å². The zero-order chi connectivity index (χ0) is 80.5. The Morgan fingerprint density at radius 3 is 1.97 bits per heavy atom. The molecule has 12 atom stereocenters. The van der Waals surface area contributed by atoms with Crippen LogP contribution in [0.5, 0.6) is 11.5 Å². The minimum absolute atomic E-state index is 0.0261. The summed E-state index contributed by atoms with van der Waals surface area (Å²) >= 11 is 0. The lowest BCUT2D eigenvalue weighted by Gasteiger charge is -2.40. The normalized spacial score (nSPS) is 23.4. The van der Waals surface area contributed by atoms with Crippen LogP contribution in [0.15, 0.2) is 134 Å². The van der Waals surface area contributed by atoms with Gasteiger partial charge in [0.1, 0.15) is 66.4 Å². The van der Waals surface area contributed by atoms with Crippen molar-refractivity contribution in [1.82, 2.24) is 61.0 Å². The van der Waals surface area contributed by atoms with Crippen molar-refractivity contribution in [2.75, 3.05) is 40.4 Å². The molecule has 3 fully saturated rings. The summed E-state index contributed by atoms with van der Waals surface area (Å²) in [5.41, 5.74) is 1.96. The van der Waals surface area contributed by atoms with Crippen molar-refractivity contribution in [2.24, 2.45) is 22.7 Å². The topological polar surface area (TPSA) is 365 Å². The van der Waals surface area contributed by atoms with Gasteiger partial charge in [0.2, 0.25) is 51.4 Å². The van der Waals surface area contributed by atoms with Gasteiger partial charge in [0.25, 0.3) is 0 Å². The molecule has 7 amide bonds. The standard InChI is InChI=1S/C83H104N12O16S/c1-49(84-9)71(96)43-65(82(3,4)5)78(102)94-47-63-42-70(94)79(103)92-44-57-20-14-13-19-56(57)39-68(92)72(97)40-58(75(99)90-112(107,108)64-31-32-64)35-51-22-29-62(30-23-51)111-48-59-45-95(91-89-59)60-41-69(93(46-60)80(104)73(83(6,7)8)88-74(98)50(2)85-10)77(101)86-66(38-53-21-26-54-17-11-12-18-55(54)36-53)76(100)87-67(81(105)106)37-52-24-27-61(28-25-52)109-33-15-16-34-110-63/h11-30,36,45,49-50,58,60,63-70,73,84-85H,31-35,37-44,46-48H2,1-10H3,(H,86,101)(H,87,100)(H,88,98)(H,90,99)(H,105,106)/b16-15+/t49-,50-,58+,60-,63-,65+,66-,67-,68-,69-,70-,73+/m0/s1.